The van der Waals surface area contributed by atoms with E-state index in [1.54, 1.807) is 26.0 Å². The van der Waals surface area contributed by atoms with Gasteiger partial charge in [0.2, 0.25) is 5.89 Å². The number of aromatic nitrogens is 2. The minimum atomic E-state index is -1.10. The first-order valence-electron chi connectivity index (χ1n) is 9.84. The lowest BCUT2D eigenvalue weighted by atomic mass is 9.93. The maximum Gasteiger partial charge on any atom is 0.289 e. The normalized spacial score (nSPS) is 18.0. The molecule has 1 saturated heterocycles. The van der Waals surface area contributed by atoms with Gasteiger partial charge in [-0.25, -0.2) is 0 Å². The van der Waals surface area contributed by atoms with E-state index in [-0.39, 0.29) is 11.7 Å². The molecule has 1 aliphatic heterocycles. The quantitative estimate of drug-likeness (QED) is 0.816. The highest BCUT2D eigenvalue weighted by molar-refractivity contribution is 5.91. The second-order valence-electron chi connectivity index (χ2n) is 8.24. The van der Waals surface area contributed by atoms with Crippen LogP contribution in [0, 0.1) is 17.8 Å². The van der Waals surface area contributed by atoms with Crippen LogP contribution in [0.3, 0.4) is 0 Å². The molecule has 4 rings (SSSR count). The van der Waals surface area contributed by atoms with Crippen LogP contribution in [0.4, 0.5) is 0 Å². The lowest BCUT2D eigenvalue weighted by molar-refractivity contribution is 0.0657. The molecule has 1 aliphatic carbocycles. The fraction of sp³-hybridized carbons (Fsp3) is 0.571. The van der Waals surface area contributed by atoms with E-state index >= 15 is 0 Å². The average molecular weight is 383 g/mol. The topological polar surface area (TPSA) is 92.6 Å². The van der Waals surface area contributed by atoms with E-state index in [9.17, 15) is 9.90 Å². The first-order chi connectivity index (χ1) is 13.4. The van der Waals surface area contributed by atoms with Gasteiger partial charge in [-0.15, -0.1) is 0 Å². The predicted octanol–water partition coefficient (Wildman–Crippen LogP) is 2.76. The van der Waals surface area contributed by atoms with Crippen molar-refractivity contribution in [3.05, 3.63) is 35.4 Å². The highest BCUT2D eigenvalue weighted by atomic mass is 16.5. The first-order valence-corrected chi connectivity index (χ1v) is 9.84. The number of aliphatic hydroxyl groups is 1. The van der Waals surface area contributed by atoms with E-state index in [0.717, 1.165) is 43.8 Å². The number of rotatable bonds is 4. The molecule has 148 valence electrons. The molecule has 1 saturated carbocycles. The zero-order valence-electron chi connectivity index (χ0n) is 16.3. The van der Waals surface area contributed by atoms with Crippen molar-refractivity contribution in [2.75, 3.05) is 13.1 Å². The van der Waals surface area contributed by atoms with Crippen LogP contribution in [0.25, 0.3) is 0 Å². The minimum absolute atomic E-state index is 0.120. The number of hydrogen-bond acceptors (Lipinski definition) is 6. The molecule has 0 bridgehead atoms. The van der Waals surface area contributed by atoms with Crippen molar-refractivity contribution in [3.63, 3.8) is 0 Å². The Labute approximate surface area is 164 Å². The van der Waals surface area contributed by atoms with E-state index in [4.69, 9.17) is 8.94 Å². The Morgan fingerprint density at radius 2 is 2.04 bits per heavy atom. The van der Waals surface area contributed by atoms with E-state index in [2.05, 4.69) is 22.0 Å². The van der Waals surface area contributed by atoms with Crippen LogP contribution in [-0.2, 0) is 6.42 Å². The Balaban J connectivity index is 1.29. The lowest BCUT2D eigenvalue weighted by Gasteiger charge is -2.30. The van der Waals surface area contributed by atoms with Gasteiger partial charge in [0.15, 0.2) is 17.3 Å². The number of nitrogens with zero attached hydrogens (tertiary/aromatic N) is 3. The Hall–Kier alpha value is -2.59. The summed E-state index contributed by atoms with van der Waals surface area (Å²) in [6.07, 6.45) is 4.92. The van der Waals surface area contributed by atoms with Crippen molar-refractivity contribution >= 4 is 5.91 Å². The third-order valence-electron chi connectivity index (χ3n) is 5.09. The molecule has 0 aromatic carbocycles. The second-order valence-corrected chi connectivity index (χ2v) is 8.24. The molecule has 0 atom stereocenters. The van der Waals surface area contributed by atoms with Crippen LogP contribution < -0.4 is 0 Å². The van der Waals surface area contributed by atoms with Gasteiger partial charge in [0.25, 0.3) is 5.91 Å². The molecule has 28 heavy (non-hydrogen) atoms. The molecule has 0 spiro atoms. The summed E-state index contributed by atoms with van der Waals surface area (Å²) < 4.78 is 10.9. The summed E-state index contributed by atoms with van der Waals surface area (Å²) in [6, 6.07) is 3.30. The molecule has 2 aromatic heterocycles. The Morgan fingerprint density at radius 1 is 1.29 bits per heavy atom. The zero-order valence-corrected chi connectivity index (χ0v) is 16.3. The number of amides is 1. The third kappa shape index (κ3) is 4.63. The molecule has 7 heteroatoms. The average Bonchev–Trinajstić information content (AvgIpc) is 3.22. The fourth-order valence-corrected chi connectivity index (χ4v) is 3.34. The summed E-state index contributed by atoms with van der Waals surface area (Å²) >= 11 is 0. The largest absolute Gasteiger partial charge is 0.443 e. The second kappa shape index (κ2) is 7.44. The molecule has 1 N–H and O–H groups in total. The van der Waals surface area contributed by atoms with Gasteiger partial charge in [-0.3, -0.25) is 4.79 Å². The number of furan rings is 1. The van der Waals surface area contributed by atoms with Crippen LogP contribution in [0.15, 0.2) is 21.1 Å². The van der Waals surface area contributed by atoms with Crippen LogP contribution in [-0.4, -0.2) is 44.7 Å². The van der Waals surface area contributed by atoms with Crippen molar-refractivity contribution in [2.24, 2.45) is 5.92 Å². The van der Waals surface area contributed by atoms with E-state index < -0.39 is 5.60 Å². The van der Waals surface area contributed by atoms with Gasteiger partial charge in [0.05, 0.1) is 0 Å². The summed E-state index contributed by atoms with van der Waals surface area (Å²) in [4.78, 5) is 19.0. The fourth-order valence-electron chi connectivity index (χ4n) is 3.34. The minimum Gasteiger partial charge on any atom is -0.443 e. The summed E-state index contributed by atoms with van der Waals surface area (Å²) in [6.45, 7) is 4.56. The van der Waals surface area contributed by atoms with Crippen molar-refractivity contribution in [1.82, 2.24) is 15.0 Å². The van der Waals surface area contributed by atoms with Gasteiger partial charge in [0, 0.05) is 25.4 Å². The molecule has 0 unspecified atom stereocenters. The molecular weight excluding hydrogens is 358 g/mol. The summed E-state index contributed by atoms with van der Waals surface area (Å²) in [5.74, 6) is 8.47. The monoisotopic (exact) mass is 383 g/mol. The Kier molecular flexibility index (Phi) is 4.98. The summed E-state index contributed by atoms with van der Waals surface area (Å²) in [5.41, 5.74) is -1.10. The van der Waals surface area contributed by atoms with Crippen LogP contribution in [0.5, 0.6) is 0 Å². The third-order valence-corrected chi connectivity index (χ3v) is 5.09. The highest BCUT2D eigenvalue weighted by Crippen LogP contribution is 2.39. The predicted molar refractivity (Wildman–Crippen MR) is 100 cm³/mol. The van der Waals surface area contributed by atoms with Crippen LogP contribution in [0.2, 0.25) is 0 Å². The van der Waals surface area contributed by atoms with Crippen molar-refractivity contribution in [2.45, 2.75) is 57.5 Å². The number of hydrogen-bond donors (Lipinski definition) is 1. The molecule has 0 radical (unpaired) electrons. The van der Waals surface area contributed by atoms with Gasteiger partial charge < -0.3 is 18.9 Å². The Bertz CT molecular complexity index is 900. The van der Waals surface area contributed by atoms with Crippen molar-refractivity contribution < 1.29 is 18.8 Å². The molecule has 2 aromatic rings. The molecule has 7 nitrogen and oxygen atoms in total. The van der Waals surface area contributed by atoms with E-state index in [1.165, 1.54) is 0 Å². The standard InChI is InChI=1S/C21H25N3O4/c1-21(2,26)10-7-16-5-6-17(27-16)20(25)24-11-8-14(9-12-24)13-18-22-19(28-23-18)15-3-4-15/h5-6,14-15,26H,3-4,8-9,11-13H2,1-2H3. The Morgan fingerprint density at radius 3 is 2.71 bits per heavy atom. The van der Waals surface area contributed by atoms with E-state index in [1.807, 2.05) is 4.90 Å². The van der Waals surface area contributed by atoms with Crippen LogP contribution in [0.1, 0.15) is 73.5 Å². The highest BCUT2D eigenvalue weighted by Gasteiger charge is 2.31. The number of carbonyl (C=O) groups is 1. The van der Waals surface area contributed by atoms with Gasteiger partial charge in [-0.2, -0.15) is 4.98 Å². The zero-order chi connectivity index (χ0) is 19.7. The van der Waals surface area contributed by atoms with Crippen molar-refractivity contribution in [3.8, 4) is 11.8 Å². The first kappa shape index (κ1) is 18.8. The number of carbonyl (C=O) groups excluding carboxylic acids is 1. The molecule has 1 amide bonds. The lowest BCUT2D eigenvalue weighted by Crippen LogP contribution is -2.38. The molecule has 3 heterocycles. The number of likely N-dealkylation sites (tertiary alicyclic amines) is 1. The van der Waals surface area contributed by atoms with Gasteiger partial charge in [-0.05, 0) is 63.5 Å². The molecule has 2 aliphatic rings. The SMILES string of the molecule is CC(C)(O)C#Cc1ccc(C(=O)N2CCC(Cc3noc(C4CC4)n3)CC2)o1. The smallest absolute Gasteiger partial charge is 0.289 e. The molecule has 2 fully saturated rings. The van der Waals surface area contributed by atoms with Crippen molar-refractivity contribution in [1.29, 1.82) is 0 Å². The van der Waals surface area contributed by atoms with Gasteiger partial charge in [0.1, 0.15) is 5.60 Å². The maximum absolute atomic E-state index is 12.7. The summed E-state index contributed by atoms with van der Waals surface area (Å²) in [7, 11) is 0. The van der Waals surface area contributed by atoms with Crippen LogP contribution >= 0.6 is 0 Å². The summed E-state index contributed by atoms with van der Waals surface area (Å²) in [5, 5.41) is 13.8. The molecular formula is C21H25N3O4. The maximum atomic E-state index is 12.7. The van der Waals surface area contributed by atoms with Gasteiger partial charge >= 0.3 is 0 Å². The van der Waals surface area contributed by atoms with Gasteiger partial charge in [-0.1, -0.05) is 11.1 Å². The number of piperidine rings is 1. The van der Waals surface area contributed by atoms with E-state index in [0.29, 0.717) is 30.7 Å².